The molecule has 1 aromatic heterocycles. The minimum atomic E-state index is -0.368. The predicted octanol–water partition coefficient (Wildman–Crippen LogP) is 2.75. The first-order valence-electron chi connectivity index (χ1n) is 11.5. The Labute approximate surface area is 189 Å². The first kappa shape index (κ1) is 22.9. The average Bonchev–Trinajstić information content (AvgIpc) is 3.20. The van der Waals surface area contributed by atoms with Crippen LogP contribution in [-0.4, -0.2) is 74.5 Å². The van der Waals surface area contributed by atoms with Crippen molar-refractivity contribution in [3.05, 3.63) is 21.4 Å². The number of hydrogen-bond acceptors (Lipinski definition) is 8. The summed E-state index contributed by atoms with van der Waals surface area (Å²) < 4.78 is 17.8. The van der Waals surface area contributed by atoms with E-state index in [1.165, 1.54) is 15.3 Å². The Balaban J connectivity index is 1.37. The Kier molecular flexibility index (Phi) is 7.13. The Morgan fingerprint density at radius 3 is 2.94 bits per heavy atom. The van der Waals surface area contributed by atoms with Crippen LogP contribution in [0.2, 0.25) is 0 Å². The Morgan fingerprint density at radius 2 is 2.23 bits per heavy atom. The highest BCUT2D eigenvalue weighted by Crippen LogP contribution is 2.46. The Bertz CT molecular complexity index is 818. The fourth-order valence-corrected chi connectivity index (χ4v) is 6.12. The molecular weight excluding hydrogens is 412 g/mol. The van der Waals surface area contributed by atoms with E-state index < -0.39 is 0 Å². The molecule has 1 unspecified atom stereocenters. The van der Waals surface area contributed by atoms with Crippen molar-refractivity contribution in [3.8, 4) is 0 Å². The van der Waals surface area contributed by atoms with Crippen molar-refractivity contribution in [2.24, 2.45) is 15.9 Å². The van der Waals surface area contributed by atoms with E-state index in [1.54, 1.807) is 6.21 Å². The number of hydrogen-bond donors (Lipinski definition) is 1. The third kappa shape index (κ3) is 5.03. The molecule has 4 heterocycles. The van der Waals surface area contributed by atoms with Crippen molar-refractivity contribution in [3.63, 3.8) is 0 Å². The number of ether oxygens (including phenoxy) is 3. The molecule has 7 nitrogen and oxygen atoms in total. The predicted molar refractivity (Wildman–Crippen MR) is 125 cm³/mol. The van der Waals surface area contributed by atoms with Gasteiger partial charge in [-0.05, 0) is 44.7 Å². The standard InChI is InChI=1S/C23H36N4O3S/c1-4-19-11-20-21(31-19)5-8-30-23(20)6-7-27(17(2)12-23)14-18(26-24)13-25-15-22(3)16-28-9-10-29-22/h11,13,17H,4-10,12,14-16,24H2,1-3H3/b25-13?,26-18+/t17-,22?,23+/m0/s1. The van der Waals surface area contributed by atoms with E-state index in [9.17, 15) is 0 Å². The molecule has 8 heteroatoms. The van der Waals surface area contributed by atoms with E-state index in [4.69, 9.17) is 20.1 Å². The van der Waals surface area contributed by atoms with E-state index >= 15 is 0 Å². The van der Waals surface area contributed by atoms with Crippen LogP contribution in [0.25, 0.3) is 0 Å². The lowest BCUT2D eigenvalue weighted by molar-refractivity contribution is -0.141. The van der Waals surface area contributed by atoms with Crippen LogP contribution in [0.15, 0.2) is 16.2 Å². The molecular formula is C23H36N4O3S. The van der Waals surface area contributed by atoms with Gasteiger partial charge >= 0.3 is 0 Å². The van der Waals surface area contributed by atoms with Gasteiger partial charge in [-0.2, -0.15) is 5.10 Å². The first-order valence-corrected chi connectivity index (χ1v) is 12.3. The molecule has 0 saturated carbocycles. The van der Waals surface area contributed by atoms with Gasteiger partial charge in [-0.15, -0.1) is 11.3 Å². The van der Waals surface area contributed by atoms with E-state index in [0.717, 1.165) is 44.5 Å². The molecule has 4 rings (SSSR count). The maximum Gasteiger partial charge on any atom is 0.108 e. The first-order chi connectivity index (χ1) is 15.0. The van der Waals surface area contributed by atoms with Crippen LogP contribution < -0.4 is 5.84 Å². The smallest absolute Gasteiger partial charge is 0.108 e. The van der Waals surface area contributed by atoms with Crippen molar-refractivity contribution in [2.45, 2.75) is 63.7 Å². The van der Waals surface area contributed by atoms with Gasteiger partial charge in [0.1, 0.15) is 5.60 Å². The molecule has 3 aliphatic heterocycles. The van der Waals surface area contributed by atoms with Crippen LogP contribution >= 0.6 is 11.3 Å². The molecule has 2 saturated heterocycles. The molecule has 2 fully saturated rings. The van der Waals surface area contributed by atoms with Crippen LogP contribution in [0, 0.1) is 0 Å². The quantitative estimate of drug-likeness (QED) is 0.411. The van der Waals surface area contributed by atoms with Crippen molar-refractivity contribution in [1.82, 2.24) is 4.90 Å². The maximum atomic E-state index is 6.46. The fraction of sp³-hybridized carbons (Fsp3) is 0.739. The number of nitrogens with two attached hydrogens (primary N) is 1. The van der Waals surface area contributed by atoms with Gasteiger partial charge in [0.2, 0.25) is 0 Å². The lowest BCUT2D eigenvalue weighted by atomic mass is 9.79. The van der Waals surface area contributed by atoms with Gasteiger partial charge in [0.15, 0.2) is 0 Å². The number of piperidine rings is 1. The summed E-state index contributed by atoms with van der Waals surface area (Å²) in [5, 5.41) is 4.00. The number of thiophene rings is 1. The Morgan fingerprint density at radius 1 is 1.35 bits per heavy atom. The summed E-state index contributed by atoms with van der Waals surface area (Å²) >= 11 is 1.97. The molecule has 0 aliphatic carbocycles. The summed E-state index contributed by atoms with van der Waals surface area (Å²) in [6, 6.07) is 2.78. The lowest BCUT2D eigenvalue weighted by Crippen LogP contribution is -2.51. The Hall–Kier alpha value is -1.32. The number of likely N-dealkylation sites (tertiary alicyclic amines) is 1. The summed E-state index contributed by atoms with van der Waals surface area (Å²) in [5.41, 5.74) is 1.74. The van der Waals surface area contributed by atoms with E-state index in [-0.39, 0.29) is 11.2 Å². The molecule has 1 spiro atoms. The summed E-state index contributed by atoms with van der Waals surface area (Å²) in [6.07, 6.45) is 5.94. The second-order valence-electron chi connectivity index (χ2n) is 9.21. The van der Waals surface area contributed by atoms with Crippen LogP contribution in [-0.2, 0) is 32.7 Å². The summed E-state index contributed by atoms with van der Waals surface area (Å²) in [5.74, 6) is 5.70. The third-order valence-electron chi connectivity index (χ3n) is 6.74. The zero-order valence-electron chi connectivity index (χ0n) is 19.1. The van der Waals surface area contributed by atoms with E-state index in [0.29, 0.717) is 39.0 Å². The van der Waals surface area contributed by atoms with Gasteiger partial charge in [-0.3, -0.25) is 9.89 Å². The van der Waals surface area contributed by atoms with Crippen LogP contribution in [0.5, 0.6) is 0 Å². The lowest BCUT2D eigenvalue weighted by Gasteiger charge is -2.47. The van der Waals surface area contributed by atoms with Gasteiger partial charge < -0.3 is 20.1 Å². The normalized spacial score (nSPS) is 32.6. The summed E-state index contributed by atoms with van der Waals surface area (Å²) in [4.78, 5) is 10.0. The highest BCUT2D eigenvalue weighted by molar-refractivity contribution is 7.12. The molecule has 31 heavy (non-hydrogen) atoms. The highest BCUT2D eigenvalue weighted by Gasteiger charge is 2.44. The van der Waals surface area contributed by atoms with Gasteiger partial charge in [-0.25, -0.2) is 0 Å². The van der Waals surface area contributed by atoms with Crippen molar-refractivity contribution in [2.75, 3.05) is 46.1 Å². The largest absolute Gasteiger partial charge is 0.376 e. The molecule has 0 amide bonds. The maximum absolute atomic E-state index is 6.46. The fourth-order valence-electron chi connectivity index (χ4n) is 4.95. The monoisotopic (exact) mass is 448 g/mol. The SMILES string of the molecule is CCc1cc2c(s1)CCO[C@@]21CCN(C/C(C=NCC2(C)COCCO2)=N/N)[C@@H](C)C1. The minimum absolute atomic E-state index is 0.131. The third-order valence-corrected chi connectivity index (χ3v) is 8.08. The minimum Gasteiger partial charge on any atom is -0.376 e. The second-order valence-corrected chi connectivity index (χ2v) is 10.4. The molecule has 0 aromatic carbocycles. The molecule has 3 atom stereocenters. The van der Waals surface area contributed by atoms with E-state index in [2.05, 4.69) is 34.9 Å². The zero-order chi connectivity index (χ0) is 21.9. The number of nitrogens with zero attached hydrogens (tertiary/aromatic N) is 3. The second kappa shape index (κ2) is 9.67. The van der Waals surface area contributed by atoms with Gasteiger partial charge in [0, 0.05) is 41.5 Å². The van der Waals surface area contributed by atoms with Crippen LogP contribution in [0.4, 0.5) is 0 Å². The molecule has 172 valence electrons. The van der Waals surface area contributed by atoms with Crippen molar-refractivity contribution >= 4 is 23.3 Å². The molecule has 0 bridgehead atoms. The van der Waals surface area contributed by atoms with Crippen molar-refractivity contribution in [1.29, 1.82) is 0 Å². The van der Waals surface area contributed by atoms with Crippen molar-refractivity contribution < 1.29 is 14.2 Å². The summed E-state index contributed by atoms with van der Waals surface area (Å²) in [7, 11) is 0. The molecule has 0 radical (unpaired) electrons. The van der Waals surface area contributed by atoms with Crippen LogP contribution in [0.1, 0.15) is 48.9 Å². The number of aryl methyl sites for hydroxylation is 1. The van der Waals surface area contributed by atoms with Gasteiger partial charge in [0.05, 0.1) is 44.3 Å². The number of rotatable bonds is 6. The zero-order valence-corrected chi connectivity index (χ0v) is 19.9. The van der Waals surface area contributed by atoms with Gasteiger partial charge in [0.25, 0.3) is 0 Å². The molecule has 3 aliphatic rings. The number of hydrazone groups is 1. The molecule has 2 N–H and O–H groups in total. The van der Waals surface area contributed by atoms with Gasteiger partial charge in [-0.1, -0.05) is 6.92 Å². The van der Waals surface area contributed by atoms with Crippen LogP contribution in [0.3, 0.4) is 0 Å². The number of aliphatic imine (C=N–C) groups is 1. The molecule has 1 aromatic rings. The highest BCUT2D eigenvalue weighted by atomic mass is 32.1. The average molecular weight is 449 g/mol. The van der Waals surface area contributed by atoms with E-state index in [1.807, 2.05) is 18.3 Å². The number of fused-ring (bicyclic) bond motifs is 2. The summed E-state index contributed by atoms with van der Waals surface area (Å²) in [6.45, 7) is 11.4. The topological polar surface area (TPSA) is 81.7 Å².